The van der Waals surface area contributed by atoms with Gasteiger partial charge in [0.1, 0.15) is 11.4 Å². The molecule has 1 fully saturated rings. The van der Waals surface area contributed by atoms with Crippen LogP contribution in [0.1, 0.15) is 21.0 Å². The number of carbonyl (C=O) groups excluding carboxylic acids is 1. The molecule has 7 heteroatoms. The van der Waals surface area contributed by atoms with Crippen LogP contribution in [0.5, 0.6) is 0 Å². The molecule has 1 aliphatic rings. The highest BCUT2D eigenvalue weighted by Gasteiger charge is 2.22. The summed E-state index contributed by atoms with van der Waals surface area (Å²) in [7, 11) is 4.09. The van der Waals surface area contributed by atoms with Gasteiger partial charge in [-0.1, -0.05) is 6.07 Å². The lowest BCUT2D eigenvalue weighted by atomic mass is 10.2. The summed E-state index contributed by atoms with van der Waals surface area (Å²) in [6.45, 7) is 3.38. The van der Waals surface area contributed by atoms with Gasteiger partial charge in [0.05, 0.1) is 0 Å². The summed E-state index contributed by atoms with van der Waals surface area (Å²) < 4.78 is 0. The average molecular weight is 292 g/mol. The van der Waals surface area contributed by atoms with E-state index in [1.807, 2.05) is 7.05 Å². The highest BCUT2D eigenvalue weighted by Crippen LogP contribution is 2.05. The summed E-state index contributed by atoms with van der Waals surface area (Å²) in [6, 6.07) is 4.64. The average Bonchev–Trinajstić information content (AvgIpc) is 2.48. The number of carboxylic acids is 1. The summed E-state index contributed by atoms with van der Waals surface area (Å²) in [4.78, 5) is 31.2. The number of aromatic nitrogens is 1. The molecule has 1 aliphatic heterocycles. The fraction of sp³-hybridized carbons (Fsp3) is 0.500. The molecule has 2 heterocycles. The first-order chi connectivity index (χ1) is 9.97. The molecule has 0 aromatic carbocycles. The van der Waals surface area contributed by atoms with E-state index in [1.165, 1.54) is 18.2 Å². The number of nitrogens with one attached hydrogen (secondary N) is 1. The van der Waals surface area contributed by atoms with E-state index in [-0.39, 0.29) is 23.3 Å². The van der Waals surface area contributed by atoms with Gasteiger partial charge in [-0.3, -0.25) is 9.69 Å². The summed E-state index contributed by atoms with van der Waals surface area (Å²) in [5.41, 5.74) is -0.00103. The number of pyridine rings is 1. The van der Waals surface area contributed by atoms with Crippen LogP contribution in [0.3, 0.4) is 0 Å². The van der Waals surface area contributed by atoms with Crippen LogP contribution in [0.2, 0.25) is 0 Å². The number of rotatable bonds is 4. The van der Waals surface area contributed by atoms with E-state index in [0.717, 1.165) is 19.6 Å². The molecule has 1 aromatic rings. The van der Waals surface area contributed by atoms with E-state index < -0.39 is 5.97 Å². The summed E-state index contributed by atoms with van der Waals surface area (Å²) >= 11 is 0. The molecule has 0 bridgehead atoms. The second-order valence-electron chi connectivity index (χ2n) is 5.32. The highest BCUT2D eigenvalue weighted by atomic mass is 16.4. The van der Waals surface area contributed by atoms with Crippen molar-refractivity contribution >= 4 is 11.9 Å². The van der Waals surface area contributed by atoms with Crippen LogP contribution in [0, 0.1) is 0 Å². The van der Waals surface area contributed by atoms with Crippen LogP contribution < -0.4 is 5.32 Å². The van der Waals surface area contributed by atoms with Gasteiger partial charge in [0.2, 0.25) is 0 Å². The first-order valence-electron chi connectivity index (χ1n) is 6.84. The molecule has 114 valence electrons. The third-order valence-corrected chi connectivity index (χ3v) is 3.68. The Kier molecular flexibility index (Phi) is 4.87. The minimum Gasteiger partial charge on any atom is -0.477 e. The predicted octanol–water partition coefficient (Wildman–Crippen LogP) is -0.245. The molecule has 0 spiro atoms. The minimum absolute atomic E-state index is 0.127. The fourth-order valence-electron chi connectivity index (χ4n) is 2.30. The number of carbonyl (C=O) groups is 2. The van der Waals surface area contributed by atoms with Crippen LogP contribution >= 0.6 is 0 Å². The fourth-order valence-corrected chi connectivity index (χ4v) is 2.30. The number of nitrogens with zero attached hydrogens (tertiary/aromatic N) is 3. The third-order valence-electron chi connectivity index (χ3n) is 3.68. The SMILES string of the molecule is CN1CCN(C)C(CNC(=O)c2cccc(C(=O)O)n2)C1. The smallest absolute Gasteiger partial charge is 0.354 e. The summed E-state index contributed by atoms with van der Waals surface area (Å²) in [5, 5.41) is 11.7. The monoisotopic (exact) mass is 292 g/mol. The quantitative estimate of drug-likeness (QED) is 0.796. The standard InChI is InChI=1S/C14H20N4O3/c1-17-6-7-18(2)10(9-17)8-15-13(19)11-4-3-5-12(16-11)14(20)21/h3-5,10H,6-9H2,1-2H3,(H,15,19)(H,20,21). The van der Waals surface area contributed by atoms with Crippen molar-refractivity contribution in [2.24, 2.45) is 0 Å². The van der Waals surface area contributed by atoms with E-state index in [2.05, 4.69) is 27.1 Å². The number of likely N-dealkylation sites (N-methyl/N-ethyl adjacent to an activating group) is 2. The van der Waals surface area contributed by atoms with Gasteiger partial charge in [0, 0.05) is 32.2 Å². The molecular weight excluding hydrogens is 272 g/mol. The Balaban J connectivity index is 1.95. The highest BCUT2D eigenvalue weighted by molar-refractivity contribution is 5.94. The van der Waals surface area contributed by atoms with Crippen molar-refractivity contribution in [3.63, 3.8) is 0 Å². The Morgan fingerprint density at radius 3 is 2.76 bits per heavy atom. The van der Waals surface area contributed by atoms with Crippen LogP contribution in [-0.2, 0) is 0 Å². The Morgan fingerprint density at radius 2 is 2.05 bits per heavy atom. The zero-order valence-corrected chi connectivity index (χ0v) is 12.2. The van der Waals surface area contributed by atoms with E-state index >= 15 is 0 Å². The second-order valence-corrected chi connectivity index (χ2v) is 5.32. The van der Waals surface area contributed by atoms with Crippen molar-refractivity contribution in [2.75, 3.05) is 40.3 Å². The molecule has 0 saturated carbocycles. The zero-order valence-electron chi connectivity index (χ0n) is 12.2. The van der Waals surface area contributed by atoms with Gasteiger partial charge in [-0.15, -0.1) is 0 Å². The number of piperazine rings is 1. The van der Waals surface area contributed by atoms with E-state index in [0.29, 0.717) is 6.54 Å². The molecule has 2 N–H and O–H groups in total. The number of hydrogen-bond donors (Lipinski definition) is 2. The van der Waals surface area contributed by atoms with Gasteiger partial charge >= 0.3 is 5.97 Å². The lowest BCUT2D eigenvalue weighted by molar-refractivity contribution is 0.0690. The molecule has 1 unspecified atom stereocenters. The largest absolute Gasteiger partial charge is 0.477 e. The number of carboxylic acid groups (broad SMARTS) is 1. The molecule has 2 rings (SSSR count). The molecule has 7 nitrogen and oxygen atoms in total. The predicted molar refractivity (Wildman–Crippen MR) is 77.4 cm³/mol. The molecule has 1 atom stereocenters. The van der Waals surface area contributed by atoms with Crippen molar-refractivity contribution in [1.82, 2.24) is 20.1 Å². The lowest BCUT2D eigenvalue weighted by Crippen LogP contribution is -2.54. The van der Waals surface area contributed by atoms with Gasteiger partial charge < -0.3 is 15.3 Å². The lowest BCUT2D eigenvalue weighted by Gasteiger charge is -2.37. The summed E-state index contributed by atoms with van der Waals surface area (Å²) in [5.74, 6) is -1.49. The maximum atomic E-state index is 12.1. The first-order valence-corrected chi connectivity index (χ1v) is 6.84. The topological polar surface area (TPSA) is 85.8 Å². The van der Waals surface area contributed by atoms with Gasteiger partial charge in [-0.2, -0.15) is 0 Å². The zero-order chi connectivity index (χ0) is 15.4. The molecular formula is C14H20N4O3. The van der Waals surface area contributed by atoms with Gasteiger partial charge in [0.15, 0.2) is 0 Å². The minimum atomic E-state index is -1.14. The van der Waals surface area contributed by atoms with E-state index in [1.54, 1.807) is 0 Å². The van der Waals surface area contributed by atoms with Gasteiger partial charge in [-0.05, 0) is 26.2 Å². The van der Waals surface area contributed by atoms with Crippen molar-refractivity contribution in [3.05, 3.63) is 29.6 Å². The van der Waals surface area contributed by atoms with Crippen molar-refractivity contribution in [2.45, 2.75) is 6.04 Å². The molecule has 1 saturated heterocycles. The van der Waals surface area contributed by atoms with E-state index in [4.69, 9.17) is 5.11 Å². The Bertz CT molecular complexity index is 535. The number of hydrogen-bond acceptors (Lipinski definition) is 5. The summed E-state index contributed by atoms with van der Waals surface area (Å²) in [6.07, 6.45) is 0. The van der Waals surface area contributed by atoms with Crippen molar-refractivity contribution in [3.8, 4) is 0 Å². The maximum Gasteiger partial charge on any atom is 0.354 e. The molecule has 1 amide bonds. The maximum absolute atomic E-state index is 12.1. The molecule has 21 heavy (non-hydrogen) atoms. The van der Waals surface area contributed by atoms with Gasteiger partial charge in [0.25, 0.3) is 5.91 Å². The number of amides is 1. The Labute approximate surface area is 123 Å². The molecule has 0 radical (unpaired) electrons. The first kappa shape index (κ1) is 15.4. The van der Waals surface area contributed by atoms with E-state index in [9.17, 15) is 9.59 Å². The van der Waals surface area contributed by atoms with Crippen molar-refractivity contribution in [1.29, 1.82) is 0 Å². The third kappa shape index (κ3) is 3.99. The normalized spacial score (nSPS) is 20.2. The molecule has 0 aliphatic carbocycles. The van der Waals surface area contributed by atoms with Crippen molar-refractivity contribution < 1.29 is 14.7 Å². The molecule has 1 aromatic heterocycles. The van der Waals surface area contributed by atoms with Crippen LogP contribution in [0.15, 0.2) is 18.2 Å². The Morgan fingerprint density at radius 1 is 1.33 bits per heavy atom. The van der Waals surface area contributed by atoms with Crippen LogP contribution in [0.4, 0.5) is 0 Å². The van der Waals surface area contributed by atoms with Crippen LogP contribution in [-0.4, -0.2) is 78.1 Å². The van der Waals surface area contributed by atoms with Gasteiger partial charge in [-0.25, -0.2) is 9.78 Å². The van der Waals surface area contributed by atoms with Crippen LogP contribution in [0.25, 0.3) is 0 Å². The second kappa shape index (κ2) is 6.64. The Hall–Kier alpha value is -1.99. The number of aromatic carboxylic acids is 1.